The Morgan fingerprint density at radius 2 is 2.07 bits per heavy atom. The lowest BCUT2D eigenvalue weighted by Crippen LogP contribution is -2.46. The molecule has 0 saturated heterocycles. The highest BCUT2D eigenvalue weighted by Gasteiger charge is 2.42. The smallest absolute Gasteiger partial charge is 0.289 e. The van der Waals surface area contributed by atoms with E-state index in [4.69, 9.17) is 4.74 Å². The van der Waals surface area contributed by atoms with Crippen LogP contribution in [0.5, 0.6) is 0 Å². The molecule has 1 aliphatic carbocycles. The standard InChI is InChI=1S/C32H37F2N5O3/c1-4-28(40)38-18-25-29-24(14-15-39(25)31(41)23-17-35-27(16-21(23)3)32(33,34)5-2)36-37-30(29)26(19-38)42-20-22-12-10-8-6-7-9-11-13-22/h4,8,10-13,16-17,25-26H,1,5-7,9,14-15,18-20H2,2-3H3,(H,36,37)/b10-8-,13-11-,22-12+. The fourth-order valence-electron chi connectivity index (χ4n) is 5.74. The van der Waals surface area contributed by atoms with Crippen LogP contribution in [0.2, 0.25) is 0 Å². The van der Waals surface area contributed by atoms with Crippen molar-refractivity contribution in [3.05, 3.63) is 94.6 Å². The van der Waals surface area contributed by atoms with Crippen LogP contribution in [-0.2, 0) is 21.9 Å². The van der Waals surface area contributed by atoms with Crippen molar-refractivity contribution in [3.8, 4) is 0 Å². The first-order valence-electron chi connectivity index (χ1n) is 14.5. The van der Waals surface area contributed by atoms with Crippen molar-refractivity contribution >= 4 is 11.8 Å². The molecule has 0 bridgehead atoms. The Morgan fingerprint density at radius 1 is 1.26 bits per heavy atom. The van der Waals surface area contributed by atoms with E-state index >= 15 is 0 Å². The molecule has 0 radical (unpaired) electrons. The summed E-state index contributed by atoms with van der Waals surface area (Å²) < 4.78 is 35.0. The molecule has 10 heteroatoms. The number of rotatable bonds is 7. The predicted molar refractivity (Wildman–Crippen MR) is 155 cm³/mol. The van der Waals surface area contributed by atoms with E-state index in [0.717, 1.165) is 36.1 Å². The van der Waals surface area contributed by atoms with E-state index in [-0.39, 0.29) is 42.6 Å². The molecule has 0 fully saturated rings. The molecule has 2 aliphatic heterocycles. The summed E-state index contributed by atoms with van der Waals surface area (Å²) >= 11 is 0. The number of H-pyrrole nitrogens is 1. The van der Waals surface area contributed by atoms with E-state index in [1.165, 1.54) is 25.3 Å². The zero-order valence-corrected chi connectivity index (χ0v) is 24.1. The van der Waals surface area contributed by atoms with E-state index in [9.17, 15) is 18.4 Å². The van der Waals surface area contributed by atoms with Crippen molar-refractivity contribution in [1.82, 2.24) is 25.0 Å². The first-order valence-corrected chi connectivity index (χ1v) is 14.5. The summed E-state index contributed by atoms with van der Waals surface area (Å²) in [5, 5.41) is 7.77. The molecule has 42 heavy (non-hydrogen) atoms. The van der Waals surface area contributed by atoms with Crippen LogP contribution < -0.4 is 0 Å². The average molecular weight is 578 g/mol. The number of alkyl halides is 2. The molecule has 4 heterocycles. The number of aromatic amines is 1. The second kappa shape index (κ2) is 12.5. The molecule has 2 aromatic rings. The Morgan fingerprint density at radius 3 is 2.83 bits per heavy atom. The number of carbonyl (C=O) groups excluding carboxylic acids is 2. The minimum Gasteiger partial charge on any atom is -0.365 e. The Bertz CT molecular complexity index is 1440. The molecule has 3 aliphatic rings. The molecular weight excluding hydrogens is 540 g/mol. The van der Waals surface area contributed by atoms with Gasteiger partial charge in [-0.1, -0.05) is 43.9 Å². The molecule has 0 saturated carbocycles. The predicted octanol–water partition coefficient (Wildman–Crippen LogP) is 5.66. The van der Waals surface area contributed by atoms with Gasteiger partial charge in [-0.2, -0.15) is 13.9 Å². The van der Waals surface area contributed by atoms with E-state index in [1.54, 1.807) is 16.7 Å². The Hall–Kier alpha value is -3.92. The van der Waals surface area contributed by atoms with Gasteiger partial charge in [-0.15, -0.1) is 0 Å². The number of halogens is 2. The maximum absolute atomic E-state index is 14.3. The molecule has 2 amide bonds. The van der Waals surface area contributed by atoms with Crippen LogP contribution in [0.4, 0.5) is 8.78 Å². The Labute approximate surface area is 244 Å². The maximum Gasteiger partial charge on any atom is 0.289 e. The Kier molecular flexibility index (Phi) is 8.82. The van der Waals surface area contributed by atoms with Crippen LogP contribution in [0, 0.1) is 6.92 Å². The monoisotopic (exact) mass is 577 g/mol. The normalized spacial score (nSPS) is 23.4. The number of hydrogen-bond acceptors (Lipinski definition) is 5. The zero-order valence-electron chi connectivity index (χ0n) is 24.1. The largest absolute Gasteiger partial charge is 0.365 e. The molecule has 2 aromatic heterocycles. The van der Waals surface area contributed by atoms with Crippen LogP contribution in [0.15, 0.2) is 60.9 Å². The molecule has 5 rings (SSSR count). The first kappa shape index (κ1) is 29.6. The van der Waals surface area contributed by atoms with E-state index < -0.39 is 18.1 Å². The molecule has 2 unspecified atom stereocenters. The molecule has 0 aromatic carbocycles. The molecule has 8 nitrogen and oxygen atoms in total. The summed E-state index contributed by atoms with van der Waals surface area (Å²) in [6.07, 6.45) is 15.7. The fraction of sp³-hybridized carbons (Fsp3) is 0.438. The van der Waals surface area contributed by atoms with Crippen LogP contribution in [0.25, 0.3) is 0 Å². The summed E-state index contributed by atoms with van der Waals surface area (Å²) in [7, 11) is 0. The number of allylic oxidation sites excluding steroid dienone is 4. The number of nitrogens with zero attached hydrogens (tertiary/aromatic N) is 4. The van der Waals surface area contributed by atoms with Gasteiger partial charge in [0.25, 0.3) is 11.8 Å². The van der Waals surface area contributed by atoms with Gasteiger partial charge < -0.3 is 14.5 Å². The maximum atomic E-state index is 14.3. The topological polar surface area (TPSA) is 91.4 Å². The van der Waals surface area contributed by atoms with Gasteiger partial charge in [-0.25, -0.2) is 0 Å². The van der Waals surface area contributed by atoms with Gasteiger partial charge in [0.15, 0.2) is 0 Å². The van der Waals surface area contributed by atoms with Crippen LogP contribution in [-0.4, -0.2) is 63.0 Å². The van der Waals surface area contributed by atoms with Gasteiger partial charge in [0.05, 0.1) is 30.5 Å². The number of hydrogen-bond donors (Lipinski definition) is 1. The van der Waals surface area contributed by atoms with E-state index in [1.807, 2.05) is 12.2 Å². The summed E-state index contributed by atoms with van der Waals surface area (Å²) in [4.78, 5) is 34.2. The van der Waals surface area contributed by atoms with Gasteiger partial charge in [-0.3, -0.25) is 19.7 Å². The lowest BCUT2D eigenvalue weighted by atomic mass is 9.94. The third-order valence-electron chi connectivity index (χ3n) is 8.19. The lowest BCUT2D eigenvalue weighted by molar-refractivity contribution is -0.128. The summed E-state index contributed by atoms with van der Waals surface area (Å²) in [6, 6.07) is 0.783. The van der Waals surface area contributed by atoms with Gasteiger partial charge in [-0.05, 0) is 49.5 Å². The average Bonchev–Trinajstić information content (AvgIpc) is 3.40. The third kappa shape index (κ3) is 5.99. The number of ether oxygens (including phenoxy) is 1. The SMILES string of the molecule is C=CC(=O)N1CC(OCC2=C/C=C\CCC/C=C\2)c2n[nH]c3c2C(C1)N(C(=O)c1cnc(C(F)(F)CC)cc1C)CC3. The number of carbonyl (C=O) groups is 2. The first-order chi connectivity index (χ1) is 20.2. The van der Waals surface area contributed by atoms with Gasteiger partial charge in [0.1, 0.15) is 11.8 Å². The van der Waals surface area contributed by atoms with Gasteiger partial charge >= 0.3 is 0 Å². The molecule has 2 atom stereocenters. The number of pyridine rings is 1. The van der Waals surface area contributed by atoms with Crippen LogP contribution in [0.3, 0.4) is 0 Å². The van der Waals surface area contributed by atoms with Crippen molar-refractivity contribution in [2.75, 3.05) is 26.2 Å². The number of aryl methyl sites for hydroxylation is 1. The quantitative estimate of drug-likeness (QED) is 0.429. The molecule has 222 valence electrons. The summed E-state index contributed by atoms with van der Waals surface area (Å²) in [6.45, 7) is 7.88. The minimum atomic E-state index is -3.07. The van der Waals surface area contributed by atoms with Crippen molar-refractivity contribution in [3.63, 3.8) is 0 Å². The fourth-order valence-corrected chi connectivity index (χ4v) is 5.74. The summed E-state index contributed by atoms with van der Waals surface area (Å²) in [5.74, 6) is -3.67. The third-order valence-corrected chi connectivity index (χ3v) is 8.19. The highest BCUT2D eigenvalue weighted by atomic mass is 19.3. The van der Waals surface area contributed by atoms with Gasteiger partial charge in [0.2, 0.25) is 5.91 Å². The van der Waals surface area contributed by atoms with Crippen molar-refractivity contribution in [2.45, 2.75) is 64.0 Å². The zero-order chi connectivity index (χ0) is 29.9. The number of aromatic nitrogens is 3. The molecule has 1 N–H and O–H groups in total. The highest BCUT2D eigenvalue weighted by Crippen LogP contribution is 2.40. The Balaban J connectivity index is 1.46. The second-order valence-electron chi connectivity index (χ2n) is 11.0. The number of amides is 2. The summed E-state index contributed by atoms with van der Waals surface area (Å²) in [5.41, 5.74) is 3.75. The number of nitrogens with one attached hydrogen (secondary N) is 1. The van der Waals surface area contributed by atoms with Crippen molar-refractivity contribution in [1.29, 1.82) is 0 Å². The van der Waals surface area contributed by atoms with Crippen molar-refractivity contribution in [2.24, 2.45) is 0 Å². The van der Waals surface area contributed by atoms with Crippen LogP contribution in [0.1, 0.15) is 83.3 Å². The van der Waals surface area contributed by atoms with Crippen LogP contribution >= 0.6 is 0 Å². The lowest BCUT2D eigenvalue weighted by Gasteiger charge is -2.37. The molecular formula is C32H37F2N5O3. The minimum absolute atomic E-state index is 0.222. The van der Waals surface area contributed by atoms with E-state index in [2.05, 4.69) is 40.0 Å². The highest BCUT2D eigenvalue weighted by molar-refractivity contribution is 5.96. The molecule has 0 spiro atoms. The van der Waals surface area contributed by atoms with Crippen molar-refractivity contribution < 1.29 is 23.1 Å². The van der Waals surface area contributed by atoms with E-state index in [0.29, 0.717) is 30.8 Å². The second-order valence-corrected chi connectivity index (χ2v) is 11.0. The van der Waals surface area contributed by atoms with Gasteiger partial charge in [0, 0.05) is 43.4 Å².